The third kappa shape index (κ3) is 3.76. The maximum atomic E-state index is 3.78. The smallest absolute Gasteiger partial charge is 0.0112 e. The second kappa shape index (κ2) is 7.26. The van der Waals surface area contributed by atoms with Gasteiger partial charge < -0.3 is 10.2 Å². The van der Waals surface area contributed by atoms with Crippen LogP contribution in [0.25, 0.3) is 0 Å². The van der Waals surface area contributed by atoms with Crippen molar-refractivity contribution in [2.45, 2.75) is 72.4 Å². The zero-order chi connectivity index (χ0) is 14.7. The van der Waals surface area contributed by atoms with Gasteiger partial charge in [-0.15, -0.1) is 0 Å². The van der Waals surface area contributed by atoms with Gasteiger partial charge in [0.25, 0.3) is 0 Å². The normalized spacial score (nSPS) is 43.6. The second-order valence-corrected chi connectivity index (χ2v) is 7.74. The number of nitrogens with zero attached hydrogens (tertiary/aromatic N) is 1. The summed E-state index contributed by atoms with van der Waals surface area (Å²) in [5, 5.41) is 3.78. The zero-order valence-corrected chi connectivity index (χ0v) is 14.4. The molecule has 0 aromatic rings. The molecule has 0 amide bonds. The summed E-state index contributed by atoms with van der Waals surface area (Å²) in [6, 6.07) is 1.51. The van der Waals surface area contributed by atoms with Gasteiger partial charge in [0.15, 0.2) is 0 Å². The molecule has 0 radical (unpaired) electrons. The van der Waals surface area contributed by atoms with E-state index in [2.05, 4.69) is 44.8 Å². The Morgan fingerprint density at radius 2 is 1.80 bits per heavy atom. The lowest BCUT2D eigenvalue weighted by Crippen LogP contribution is -2.52. The Balaban J connectivity index is 2.00. The summed E-state index contributed by atoms with van der Waals surface area (Å²) in [5.41, 5.74) is 0. The number of hydrogen-bond acceptors (Lipinski definition) is 2. The molecule has 2 rings (SSSR count). The highest BCUT2D eigenvalue weighted by molar-refractivity contribution is 4.91. The van der Waals surface area contributed by atoms with E-state index in [1.54, 1.807) is 0 Å². The van der Waals surface area contributed by atoms with Crippen LogP contribution in [0.2, 0.25) is 0 Å². The van der Waals surface area contributed by atoms with Gasteiger partial charge in [-0.3, -0.25) is 0 Å². The first-order valence-corrected chi connectivity index (χ1v) is 9.00. The number of nitrogens with one attached hydrogen (secondary N) is 1. The quantitative estimate of drug-likeness (QED) is 0.843. The lowest BCUT2D eigenvalue weighted by Gasteiger charge is -2.46. The molecule has 2 fully saturated rings. The van der Waals surface area contributed by atoms with E-state index in [0.29, 0.717) is 0 Å². The Bertz CT molecular complexity index is 291. The molecule has 0 bridgehead atoms. The summed E-state index contributed by atoms with van der Waals surface area (Å²) < 4.78 is 0. The Morgan fingerprint density at radius 3 is 2.50 bits per heavy atom. The Hall–Kier alpha value is -0.0800. The predicted octanol–water partition coefficient (Wildman–Crippen LogP) is 3.77. The van der Waals surface area contributed by atoms with Crippen molar-refractivity contribution in [1.82, 2.24) is 10.2 Å². The van der Waals surface area contributed by atoms with Crippen molar-refractivity contribution >= 4 is 0 Å². The molecule has 1 saturated heterocycles. The molecule has 6 unspecified atom stereocenters. The van der Waals surface area contributed by atoms with Gasteiger partial charge in [-0.25, -0.2) is 0 Å². The van der Waals surface area contributed by atoms with Gasteiger partial charge in [-0.05, 0) is 69.4 Å². The summed E-state index contributed by atoms with van der Waals surface area (Å²) in [5.74, 6) is 3.48. The number of likely N-dealkylation sites (tertiary alicyclic amines) is 1. The van der Waals surface area contributed by atoms with Crippen molar-refractivity contribution in [2.24, 2.45) is 23.7 Å². The van der Waals surface area contributed by atoms with Crippen LogP contribution in [-0.4, -0.2) is 36.6 Å². The molecular weight excluding hydrogens is 244 g/mol. The van der Waals surface area contributed by atoms with Crippen LogP contribution in [0.1, 0.15) is 60.3 Å². The van der Waals surface area contributed by atoms with Crippen LogP contribution in [0.5, 0.6) is 0 Å². The van der Waals surface area contributed by atoms with Crippen LogP contribution in [-0.2, 0) is 0 Å². The van der Waals surface area contributed by atoms with E-state index in [-0.39, 0.29) is 0 Å². The molecule has 2 nitrogen and oxygen atoms in total. The van der Waals surface area contributed by atoms with Gasteiger partial charge in [0.05, 0.1) is 0 Å². The summed E-state index contributed by atoms with van der Waals surface area (Å²) in [7, 11) is 0. The Morgan fingerprint density at radius 1 is 1.05 bits per heavy atom. The molecule has 1 N–H and O–H groups in total. The van der Waals surface area contributed by atoms with Crippen molar-refractivity contribution in [3.63, 3.8) is 0 Å². The molecule has 0 spiro atoms. The Labute approximate surface area is 126 Å². The highest BCUT2D eigenvalue weighted by atomic mass is 15.2. The summed E-state index contributed by atoms with van der Waals surface area (Å²) in [4.78, 5) is 2.79. The van der Waals surface area contributed by atoms with E-state index >= 15 is 0 Å². The first kappa shape index (κ1) is 16.3. The molecule has 20 heavy (non-hydrogen) atoms. The van der Waals surface area contributed by atoms with Crippen LogP contribution in [0.4, 0.5) is 0 Å². The number of piperidine rings is 1. The van der Waals surface area contributed by atoms with Crippen LogP contribution in [0, 0.1) is 23.7 Å². The van der Waals surface area contributed by atoms with E-state index in [1.165, 1.54) is 38.8 Å². The fourth-order valence-electron chi connectivity index (χ4n) is 4.66. The topological polar surface area (TPSA) is 15.3 Å². The molecule has 0 aromatic carbocycles. The minimum Gasteiger partial charge on any atom is -0.314 e. The summed E-state index contributed by atoms with van der Waals surface area (Å²) in [6.07, 6.45) is 5.62. The lowest BCUT2D eigenvalue weighted by atomic mass is 9.71. The van der Waals surface area contributed by atoms with Gasteiger partial charge in [-0.2, -0.15) is 0 Å². The SMILES string of the molecule is CCNC1CC(C)CC(C)C1CN1CCCC(C)C1C. The van der Waals surface area contributed by atoms with E-state index in [0.717, 1.165) is 42.3 Å². The van der Waals surface area contributed by atoms with Crippen LogP contribution in [0.3, 0.4) is 0 Å². The fraction of sp³-hybridized carbons (Fsp3) is 1.00. The highest BCUT2D eigenvalue weighted by Crippen LogP contribution is 2.35. The third-order valence-corrected chi connectivity index (χ3v) is 6.09. The van der Waals surface area contributed by atoms with Crippen molar-refractivity contribution < 1.29 is 0 Å². The average Bonchev–Trinajstić information content (AvgIpc) is 2.38. The second-order valence-electron chi connectivity index (χ2n) is 7.74. The van der Waals surface area contributed by atoms with E-state index < -0.39 is 0 Å². The highest BCUT2D eigenvalue weighted by Gasteiger charge is 2.36. The first-order chi connectivity index (χ1) is 9.52. The molecule has 6 atom stereocenters. The van der Waals surface area contributed by atoms with Crippen molar-refractivity contribution in [1.29, 1.82) is 0 Å². The van der Waals surface area contributed by atoms with Gasteiger partial charge >= 0.3 is 0 Å². The van der Waals surface area contributed by atoms with Gasteiger partial charge in [0, 0.05) is 18.6 Å². The van der Waals surface area contributed by atoms with E-state index in [9.17, 15) is 0 Å². The average molecular weight is 280 g/mol. The first-order valence-electron chi connectivity index (χ1n) is 9.00. The molecule has 2 aliphatic rings. The van der Waals surface area contributed by atoms with Crippen molar-refractivity contribution in [3.8, 4) is 0 Å². The van der Waals surface area contributed by atoms with Crippen molar-refractivity contribution in [2.75, 3.05) is 19.6 Å². The minimum absolute atomic E-state index is 0.739. The van der Waals surface area contributed by atoms with Gasteiger partial charge in [0.2, 0.25) is 0 Å². The zero-order valence-electron chi connectivity index (χ0n) is 14.4. The molecule has 0 aromatic heterocycles. The molecular formula is C18H36N2. The monoisotopic (exact) mass is 280 g/mol. The van der Waals surface area contributed by atoms with Gasteiger partial charge in [0.1, 0.15) is 0 Å². The van der Waals surface area contributed by atoms with Crippen LogP contribution in [0.15, 0.2) is 0 Å². The van der Waals surface area contributed by atoms with Crippen LogP contribution >= 0.6 is 0 Å². The van der Waals surface area contributed by atoms with E-state index in [4.69, 9.17) is 0 Å². The number of rotatable bonds is 4. The van der Waals surface area contributed by atoms with Crippen molar-refractivity contribution in [3.05, 3.63) is 0 Å². The standard InChI is InChI=1S/C18H36N2/c1-6-19-18-11-13(2)10-15(4)17(18)12-20-9-7-8-14(3)16(20)5/h13-19H,6-12H2,1-5H3. The summed E-state index contributed by atoms with van der Waals surface area (Å²) >= 11 is 0. The molecule has 1 aliphatic heterocycles. The largest absolute Gasteiger partial charge is 0.314 e. The van der Waals surface area contributed by atoms with E-state index in [1.807, 2.05) is 0 Å². The molecule has 118 valence electrons. The maximum absolute atomic E-state index is 3.78. The van der Waals surface area contributed by atoms with Gasteiger partial charge in [-0.1, -0.05) is 27.7 Å². The molecule has 1 saturated carbocycles. The Kier molecular flexibility index (Phi) is 5.92. The van der Waals surface area contributed by atoms with Crippen LogP contribution < -0.4 is 5.32 Å². The fourth-order valence-corrected chi connectivity index (χ4v) is 4.66. The minimum atomic E-state index is 0.739. The predicted molar refractivity (Wildman–Crippen MR) is 87.9 cm³/mol. The molecule has 1 aliphatic carbocycles. The number of hydrogen-bond donors (Lipinski definition) is 1. The lowest BCUT2D eigenvalue weighted by molar-refractivity contribution is 0.0489. The molecule has 1 heterocycles. The summed E-state index contributed by atoms with van der Waals surface area (Å²) in [6.45, 7) is 15.8. The molecule has 2 heteroatoms. The maximum Gasteiger partial charge on any atom is 0.0112 e. The third-order valence-electron chi connectivity index (χ3n) is 6.09.